The maximum atomic E-state index is 12.4. The molecule has 1 heterocycles. The number of ketones is 1. The highest BCUT2D eigenvalue weighted by atomic mass is 35.5. The van der Waals surface area contributed by atoms with Crippen molar-refractivity contribution in [3.63, 3.8) is 0 Å². The third-order valence-corrected chi connectivity index (χ3v) is 4.89. The highest BCUT2D eigenvalue weighted by molar-refractivity contribution is 6.30. The molecule has 0 saturated heterocycles. The van der Waals surface area contributed by atoms with Crippen LogP contribution in [0.1, 0.15) is 35.5 Å². The van der Waals surface area contributed by atoms with Gasteiger partial charge in [0.25, 0.3) is 0 Å². The van der Waals surface area contributed by atoms with E-state index in [1.54, 1.807) is 13.2 Å². The number of methoxy groups -OCH3 is 1. The highest BCUT2D eigenvalue weighted by Gasteiger charge is 2.22. The summed E-state index contributed by atoms with van der Waals surface area (Å²) >= 11 is 5.98. The number of carbonyl (C=O) groups excluding carboxylic acids is 1. The van der Waals surface area contributed by atoms with E-state index in [1.807, 2.05) is 67.6 Å². The van der Waals surface area contributed by atoms with E-state index in [0.29, 0.717) is 33.3 Å². The van der Waals surface area contributed by atoms with Crippen LogP contribution in [0, 0.1) is 0 Å². The van der Waals surface area contributed by atoms with Gasteiger partial charge >= 0.3 is 0 Å². The molecule has 0 aliphatic carbocycles. The molecule has 3 aromatic rings. The lowest BCUT2D eigenvalue weighted by molar-refractivity contribution is 0.101. The van der Waals surface area contributed by atoms with Crippen LogP contribution in [0.25, 0.3) is 34.5 Å². The molecular formula is C26H26ClNO3. The molecule has 0 fully saturated rings. The van der Waals surface area contributed by atoms with Gasteiger partial charge in [-0.25, -0.2) is 4.98 Å². The minimum absolute atomic E-state index is 0.0936. The second-order valence-corrected chi connectivity index (χ2v) is 6.95. The molecular weight excluding hydrogens is 410 g/mol. The number of hydrogen-bond donors (Lipinski definition) is 1. The van der Waals surface area contributed by atoms with Crippen LogP contribution in [-0.2, 0) is 0 Å². The van der Waals surface area contributed by atoms with Crippen molar-refractivity contribution in [1.29, 1.82) is 0 Å². The number of carbonyl (C=O) groups is 1. The van der Waals surface area contributed by atoms with Crippen molar-refractivity contribution < 1.29 is 14.6 Å². The van der Waals surface area contributed by atoms with Gasteiger partial charge in [-0.05, 0) is 43.2 Å². The van der Waals surface area contributed by atoms with E-state index in [1.165, 1.54) is 6.92 Å². The normalized spacial score (nSPS) is 10.4. The third kappa shape index (κ3) is 5.29. The van der Waals surface area contributed by atoms with E-state index in [-0.39, 0.29) is 5.78 Å². The van der Waals surface area contributed by atoms with Crippen LogP contribution in [0.2, 0.25) is 5.02 Å². The largest absolute Gasteiger partial charge is 0.494 e. The molecule has 3 rings (SSSR count). The smallest absolute Gasteiger partial charge is 0.164 e. The minimum Gasteiger partial charge on any atom is -0.494 e. The van der Waals surface area contributed by atoms with Crippen LogP contribution >= 0.6 is 11.6 Å². The summed E-state index contributed by atoms with van der Waals surface area (Å²) in [4.78, 5) is 17.2. The first-order chi connectivity index (χ1) is 15.0. The van der Waals surface area contributed by atoms with E-state index >= 15 is 0 Å². The molecule has 31 heavy (non-hydrogen) atoms. The van der Waals surface area contributed by atoms with Crippen molar-refractivity contribution in [2.45, 2.75) is 13.8 Å². The molecule has 0 atom stereocenters. The van der Waals surface area contributed by atoms with Crippen molar-refractivity contribution in [2.24, 2.45) is 0 Å². The number of hydrogen-bond acceptors (Lipinski definition) is 4. The number of benzene rings is 2. The third-order valence-electron chi connectivity index (χ3n) is 4.64. The summed E-state index contributed by atoms with van der Waals surface area (Å²) in [7, 11) is 2.55. The summed E-state index contributed by atoms with van der Waals surface area (Å²) in [6.45, 7) is 7.29. The SMILES string of the molecule is C=Cc1c(/C=C\C)nc(-c2ccc(-c3ccc(Cl)cc3)cc2)c(OC)c1C(C)=O.CO. The standard InChI is InChI=1S/C25H22ClNO2.CH4O/c1-5-7-22-21(6-2)23(16(3)28)25(29-4)24(27-22)19-10-8-17(9-11-19)18-12-14-20(26)15-13-18;1-2/h5-15H,2H2,1,3-4H3;2H,1H3/b7-5-;. The molecule has 2 aromatic carbocycles. The molecule has 0 bridgehead atoms. The van der Waals surface area contributed by atoms with Crippen molar-refractivity contribution in [2.75, 3.05) is 14.2 Å². The van der Waals surface area contributed by atoms with E-state index in [2.05, 4.69) is 6.58 Å². The fourth-order valence-corrected chi connectivity index (χ4v) is 3.42. The summed E-state index contributed by atoms with van der Waals surface area (Å²) in [5, 5.41) is 7.70. The van der Waals surface area contributed by atoms with Gasteiger partial charge in [0, 0.05) is 23.3 Å². The molecule has 4 nitrogen and oxygen atoms in total. The van der Waals surface area contributed by atoms with Crippen molar-refractivity contribution in [1.82, 2.24) is 4.98 Å². The molecule has 0 spiro atoms. The fourth-order valence-electron chi connectivity index (χ4n) is 3.30. The lowest BCUT2D eigenvalue weighted by Crippen LogP contribution is -2.07. The maximum Gasteiger partial charge on any atom is 0.164 e. The Labute approximate surface area is 188 Å². The summed E-state index contributed by atoms with van der Waals surface area (Å²) in [6.07, 6.45) is 5.41. The van der Waals surface area contributed by atoms with Crippen LogP contribution in [0.15, 0.2) is 61.2 Å². The Morgan fingerprint density at radius 3 is 2.00 bits per heavy atom. The molecule has 0 amide bonds. The van der Waals surface area contributed by atoms with Crippen molar-refractivity contribution >= 4 is 29.5 Å². The number of aromatic nitrogens is 1. The second-order valence-electron chi connectivity index (χ2n) is 6.51. The molecule has 0 aliphatic rings. The predicted octanol–water partition coefficient (Wildman–Crippen LogP) is 6.56. The number of ether oxygens (including phenoxy) is 1. The highest BCUT2D eigenvalue weighted by Crippen LogP contribution is 2.37. The van der Waals surface area contributed by atoms with E-state index in [4.69, 9.17) is 26.4 Å². The van der Waals surface area contributed by atoms with Crippen LogP contribution in [0.5, 0.6) is 5.75 Å². The predicted molar refractivity (Wildman–Crippen MR) is 130 cm³/mol. The van der Waals surface area contributed by atoms with Crippen LogP contribution in [0.3, 0.4) is 0 Å². The van der Waals surface area contributed by atoms with Gasteiger partial charge in [-0.2, -0.15) is 0 Å². The minimum atomic E-state index is -0.0936. The Kier molecular flexibility index (Phi) is 8.74. The second kappa shape index (κ2) is 11.3. The average molecular weight is 436 g/mol. The first-order valence-corrected chi connectivity index (χ1v) is 10.1. The number of aliphatic hydroxyl groups excluding tert-OH is 1. The summed E-state index contributed by atoms with van der Waals surface area (Å²) in [5.41, 5.74) is 5.47. The number of halogens is 1. The van der Waals surface area contributed by atoms with Gasteiger partial charge < -0.3 is 9.84 Å². The lowest BCUT2D eigenvalue weighted by atomic mass is 9.96. The molecule has 0 unspecified atom stereocenters. The molecule has 0 radical (unpaired) electrons. The van der Waals surface area contributed by atoms with Crippen molar-refractivity contribution in [3.05, 3.63) is 83.0 Å². The number of allylic oxidation sites excluding steroid dienone is 1. The van der Waals surface area contributed by atoms with Crippen LogP contribution < -0.4 is 4.74 Å². The number of aliphatic hydroxyl groups is 1. The molecule has 0 saturated carbocycles. The fraction of sp³-hybridized carbons (Fsp3) is 0.154. The lowest BCUT2D eigenvalue weighted by Gasteiger charge is -2.17. The Balaban J connectivity index is 0.00000166. The van der Waals surface area contributed by atoms with E-state index in [9.17, 15) is 4.79 Å². The van der Waals surface area contributed by atoms with Crippen LogP contribution in [0.4, 0.5) is 0 Å². The Hall–Kier alpha value is -3.21. The first-order valence-electron chi connectivity index (χ1n) is 9.69. The molecule has 1 N–H and O–H groups in total. The van der Waals surface area contributed by atoms with Crippen molar-refractivity contribution in [3.8, 4) is 28.1 Å². The zero-order valence-electron chi connectivity index (χ0n) is 18.1. The summed E-state index contributed by atoms with van der Waals surface area (Å²) in [6, 6.07) is 15.7. The van der Waals surface area contributed by atoms with Gasteiger partial charge in [0.1, 0.15) is 5.69 Å². The Morgan fingerprint density at radius 1 is 1.03 bits per heavy atom. The number of nitrogens with zero attached hydrogens (tertiary/aromatic N) is 1. The zero-order chi connectivity index (χ0) is 23.0. The van der Waals surface area contributed by atoms with Gasteiger partial charge in [0.05, 0.1) is 18.4 Å². The average Bonchev–Trinajstić information content (AvgIpc) is 2.80. The van der Waals surface area contributed by atoms with E-state index < -0.39 is 0 Å². The monoisotopic (exact) mass is 435 g/mol. The van der Waals surface area contributed by atoms with Gasteiger partial charge in [-0.3, -0.25) is 4.79 Å². The Bertz CT molecular complexity index is 1090. The number of Topliss-reactive ketones (excluding diaryl/α,β-unsaturated/α-hetero) is 1. The van der Waals surface area contributed by atoms with Gasteiger partial charge in [-0.15, -0.1) is 0 Å². The van der Waals surface area contributed by atoms with Gasteiger partial charge in [-0.1, -0.05) is 66.7 Å². The zero-order valence-corrected chi connectivity index (χ0v) is 18.9. The summed E-state index contributed by atoms with van der Waals surface area (Å²) < 4.78 is 5.63. The number of rotatable bonds is 6. The molecule has 1 aromatic heterocycles. The quantitative estimate of drug-likeness (QED) is 0.445. The molecule has 160 valence electrons. The molecule has 5 heteroatoms. The Morgan fingerprint density at radius 2 is 1.55 bits per heavy atom. The van der Waals surface area contributed by atoms with Gasteiger partial charge in [0.15, 0.2) is 11.5 Å². The molecule has 0 aliphatic heterocycles. The van der Waals surface area contributed by atoms with E-state index in [0.717, 1.165) is 23.8 Å². The van der Waals surface area contributed by atoms with Gasteiger partial charge in [0.2, 0.25) is 0 Å². The van der Waals surface area contributed by atoms with Crippen LogP contribution in [-0.4, -0.2) is 30.1 Å². The maximum absolute atomic E-state index is 12.4. The first kappa shape index (κ1) is 24.1. The number of pyridine rings is 1. The topological polar surface area (TPSA) is 59.4 Å². The summed E-state index contributed by atoms with van der Waals surface area (Å²) in [5.74, 6) is 0.365.